The SMILES string of the molecule is N#Cc1ccc(-c2ccc(CC(NC(=O)[C@@H]3Cc4cc5c(cc4CN3C(=O)c3cscn3)O[C@@H](c3ccc(OCc4ccc(Cl)c(Cl)c4)cc3)CO5)C(=O)O)cc2)cc1. The lowest BCUT2D eigenvalue weighted by molar-refractivity contribution is -0.142. The second-order valence-corrected chi connectivity index (χ2v) is 15.6. The lowest BCUT2D eigenvalue weighted by Crippen LogP contribution is -2.56. The first-order valence-electron chi connectivity index (χ1n) is 18.6. The zero-order chi connectivity index (χ0) is 41.0. The van der Waals surface area contributed by atoms with Crippen molar-refractivity contribution in [2.45, 2.75) is 44.2 Å². The molecule has 2 N–H and O–H groups in total. The van der Waals surface area contributed by atoms with Gasteiger partial charge in [0.15, 0.2) is 17.6 Å². The predicted octanol–water partition coefficient (Wildman–Crippen LogP) is 8.46. The Morgan fingerprint density at radius 1 is 0.915 bits per heavy atom. The number of carbonyl (C=O) groups excluding carboxylic acids is 2. The molecule has 6 aromatic rings. The highest BCUT2D eigenvalue weighted by Gasteiger charge is 2.38. The third-order valence-corrected chi connectivity index (χ3v) is 11.6. The zero-order valence-corrected chi connectivity index (χ0v) is 33.5. The summed E-state index contributed by atoms with van der Waals surface area (Å²) in [5.74, 6) is -0.577. The Kier molecular flexibility index (Phi) is 11.5. The topological polar surface area (TPSA) is 151 Å². The average Bonchev–Trinajstić information content (AvgIpc) is 3.81. The maximum atomic E-state index is 14.1. The largest absolute Gasteiger partial charge is 0.489 e. The molecule has 1 aromatic heterocycles. The van der Waals surface area contributed by atoms with E-state index in [1.54, 1.807) is 35.2 Å². The smallest absolute Gasteiger partial charge is 0.326 e. The highest BCUT2D eigenvalue weighted by Crippen LogP contribution is 2.41. The van der Waals surface area contributed by atoms with Crippen molar-refractivity contribution in [3.05, 3.63) is 163 Å². The molecule has 296 valence electrons. The minimum absolute atomic E-state index is 0.0202. The molecule has 11 nitrogen and oxygen atoms in total. The Morgan fingerprint density at radius 3 is 2.31 bits per heavy atom. The zero-order valence-electron chi connectivity index (χ0n) is 31.1. The fourth-order valence-electron chi connectivity index (χ4n) is 7.08. The van der Waals surface area contributed by atoms with Gasteiger partial charge in [-0.25, -0.2) is 9.78 Å². The van der Waals surface area contributed by atoms with E-state index in [1.807, 2.05) is 78.9 Å². The van der Waals surface area contributed by atoms with Crippen LogP contribution in [0.2, 0.25) is 10.0 Å². The summed E-state index contributed by atoms with van der Waals surface area (Å²) in [5.41, 5.74) is 8.11. The van der Waals surface area contributed by atoms with Crippen molar-refractivity contribution in [3.8, 4) is 34.4 Å². The molecule has 3 atom stereocenters. The van der Waals surface area contributed by atoms with E-state index in [-0.39, 0.29) is 31.7 Å². The Bertz CT molecular complexity index is 2560. The first-order chi connectivity index (χ1) is 28.6. The van der Waals surface area contributed by atoms with Gasteiger partial charge in [0.25, 0.3) is 5.91 Å². The fourth-order valence-corrected chi connectivity index (χ4v) is 7.92. The van der Waals surface area contributed by atoms with Crippen LogP contribution in [0.4, 0.5) is 0 Å². The highest BCUT2D eigenvalue weighted by atomic mass is 35.5. The van der Waals surface area contributed by atoms with E-state index in [0.29, 0.717) is 45.0 Å². The number of rotatable bonds is 11. The number of ether oxygens (including phenoxy) is 3. The summed E-state index contributed by atoms with van der Waals surface area (Å²) >= 11 is 13.4. The molecule has 8 rings (SSSR count). The number of carboxylic acid groups (broad SMARTS) is 1. The molecule has 0 saturated heterocycles. The molecule has 14 heteroatoms. The molecule has 2 aliphatic heterocycles. The van der Waals surface area contributed by atoms with E-state index < -0.39 is 36.0 Å². The van der Waals surface area contributed by atoms with Gasteiger partial charge >= 0.3 is 5.97 Å². The van der Waals surface area contributed by atoms with Crippen LogP contribution in [0.5, 0.6) is 17.2 Å². The molecular formula is C45H34Cl2N4O7S. The number of thiazole rings is 1. The van der Waals surface area contributed by atoms with Gasteiger partial charge in [0.05, 0.1) is 27.2 Å². The van der Waals surface area contributed by atoms with Gasteiger partial charge < -0.3 is 29.5 Å². The van der Waals surface area contributed by atoms with Crippen molar-refractivity contribution in [2.24, 2.45) is 0 Å². The van der Waals surface area contributed by atoms with E-state index in [9.17, 15) is 19.5 Å². The van der Waals surface area contributed by atoms with Gasteiger partial charge in [0, 0.05) is 24.8 Å². The number of halogens is 2. The van der Waals surface area contributed by atoms with E-state index in [1.165, 1.54) is 16.2 Å². The van der Waals surface area contributed by atoms with Crippen LogP contribution in [0.15, 0.2) is 114 Å². The van der Waals surface area contributed by atoms with Gasteiger partial charge in [-0.05, 0) is 87.5 Å². The van der Waals surface area contributed by atoms with Crippen LogP contribution in [-0.2, 0) is 35.6 Å². The molecule has 59 heavy (non-hydrogen) atoms. The van der Waals surface area contributed by atoms with Crippen molar-refractivity contribution in [1.82, 2.24) is 15.2 Å². The number of carboxylic acids is 1. The van der Waals surface area contributed by atoms with E-state index in [4.69, 9.17) is 42.7 Å². The number of fused-ring (bicyclic) bond motifs is 2. The number of carbonyl (C=O) groups is 3. The minimum Gasteiger partial charge on any atom is -0.489 e. The molecule has 3 heterocycles. The number of nitrogens with zero attached hydrogens (tertiary/aromatic N) is 3. The van der Waals surface area contributed by atoms with Crippen molar-refractivity contribution in [2.75, 3.05) is 6.61 Å². The van der Waals surface area contributed by atoms with Crippen LogP contribution >= 0.6 is 34.5 Å². The van der Waals surface area contributed by atoms with Gasteiger partial charge in [-0.2, -0.15) is 5.26 Å². The minimum atomic E-state index is -1.26. The first kappa shape index (κ1) is 39.4. The molecular weight excluding hydrogens is 811 g/mol. The molecule has 0 bridgehead atoms. The summed E-state index contributed by atoms with van der Waals surface area (Å²) in [7, 11) is 0. The van der Waals surface area contributed by atoms with Crippen LogP contribution in [0, 0.1) is 11.3 Å². The van der Waals surface area contributed by atoms with E-state index in [2.05, 4.69) is 16.4 Å². The Labute approximate surface area is 353 Å². The second kappa shape index (κ2) is 17.2. The second-order valence-electron chi connectivity index (χ2n) is 14.1. The molecule has 0 aliphatic carbocycles. The Hall–Kier alpha value is -6.39. The standard InChI is InChI=1S/C45H34Cl2N4O7S/c46-35-14-5-28(15-36(35)47)22-56-34-12-10-31(11-13-34)42-23-57-40-18-32-17-39(51(21-33(32)19-41(40)58-42)44(53)38-24-59-25-49-38)43(52)50-37(45(54)55)16-26-1-6-29(7-2-26)30-8-3-27(20-48)4-9-30/h1-15,18-19,24-25,37,39,42H,16-17,21-23H2,(H,50,52)(H,54,55)/t37?,39-,42+/m0/s1. The lowest BCUT2D eigenvalue weighted by atomic mass is 9.91. The van der Waals surface area contributed by atoms with Crippen LogP contribution in [0.1, 0.15) is 50.0 Å². The summed E-state index contributed by atoms with van der Waals surface area (Å²) in [6.07, 6.45) is -0.279. The van der Waals surface area contributed by atoms with Gasteiger partial charge in [0.2, 0.25) is 5.91 Å². The molecule has 0 spiro atoms. The van der Waals surface area contributed by atoms with E-state index >= 15 is 0 Å². The summed E-state index contributed by atoms with van der Waals surface area (Å²) < 4.78 is 18.6. The van der Waals surface area contributed by atoms with E-state index in [0.717, 1.165) is 33.4 Å². The van der Waals surface area contributed by atoms with Gasteiger partial charge in [-0.3, -0.25) is 9.59 Å². The number of aromatic nitrogens is 1. The Morgan fingerprint density at radius 2 is 1.63 bits per heavy atom. The fraction of sp³-hybridized carbons (Fsp3) is 0.178. The molecule has 2 amide bonds. The average molecular weight is 846 g/mol. The third-order valence-electron chi connectivity index (χ3n) is 10.3. The van der Waals surface area contributed by atoms with Crippen molar-refractivity contribution >= 4 is 52.3 Å². The van der Waals surface area contributed by atoms with Gasteiger partial charge in [0.1, 0.15) is 36.7 Å². The van der Waals surface area contributed by atoms with Crippen LogP contribution < -0.4 is 19.5 Å². The number of hydrogen-bond donors (Lipinski definition) is 2. The summed E-state index contributed by atoms with van der Waals surface area (Å²) in [6, 6.07) is 30.9. The van der Waals surface area contributed by atoms with Crippen LogP contribution in [0.25, 0.3) is 11.1 Å². The summed E-state index contributed by atoms with van der Waals surface area (Å²) in [5, 5.41) is 24.6. The number of aliphatic carboxylic acids is 1. The summed E-state index contributed by atoms with van der Waals surface area (Å²) in [4.78, 5) is 46.1. The van der Waals surface area contributed by atoms with Crippen molar-refractivity contribution in [3.63, 3.8) is 0 Å². The summed E-state index contributed by atoms with van der Waals surface area (Å²) in [6.45, 7) is 0.618. The number of benzene rings is 5. The monoisotopic (exact) mass is 844 g/mol. The Balaban J connectivity index is 0.964. The predicted molar refractivity (Wildman–Crippen MR) is 222 cm³/mol. The first-order valence-corrected chi connectivity index (χ1v) is 20.3. The molecule has 2 aliphatic rings. The number of hydrogen-bond acceptors (Lipinski definition) is 9. The number of nitrogens with one attached hydrogen (secondary N) is 1. The number of nitriles is 1. The molecule has 0 radical (unpaired) electrons. The van der Waals surface area contributed by atoms with Crippen LogP contribution in [0.3, 0.4) is 0 Å². The normalized spacial score (nSPS) is 16.0. The maximum absolute atomic E-state index is 14.1. The number of amides is 2. The molecule has 1 unspecified atom stereocenters. The van der Waals surface area contributed by atoms with Crippen molar-refractivity contribution in [1.29, 1.82) is 5.26 Å². The molecule has 0 saturated carbocycles. The van der Waals surface area contributed by atoms with Crippen molar-refractivity contribution < 1.29 is 33.7 Å². The molecule has 5 aromatic carbocycles. The molecule has 0 fully saturated rings. The van der Waals surface area contributed by atoms with Crippen LogP contribution in [-0.4, -0.2) is 51.5 Å². The highest BCUT2D eigenvalue weighted by molar-refractivity contribution is 7.07. The van der Waals surface area contributed by atoms with Gasteiger partial charge in [-0.15, -0.1) is 11.3 Å². The quantitative estimate of drug-likeness (QED) is 0.131. The third kappa shape index (κ3) is 8.88. The maximum Gasteiger partial charge on any atom is 0.326 e. The lowest BCUT2D eigenvalue weighted by Gasteiger charge is -2.37. The van der Waals surface area contributed by atoms with Gasteiger partial charge in [-0.1, -0.05) is 77.8 Å².